The van der Waals surface area contributed by atoms with Gasteiger partial charge in [-0.15, -0.1) is 0 Å². The fourth-order valence-electron chi connectivity index (χ4n) is 3.28. The quantitative estimate of drug-likeness (QED) is 0.751. The molecule has 1 N–H and O–H groups in total. The molecule has 0 spiro atoms. The third-order valence-electron chi connectivity index (χ3n) is 4.91. The van der Waals surface area contributed by atoms with Crippen LogP contribution >= 0.6 is 0 Å². The van der Waals surface area contributed by atoms with Gasteiger partial charge < -0.3 is 10.1 Å². The van der Waals surface area contributed by atoms with Crippen molar-refractivity contribution in [3.63, 3.8) is 0 Å². The standard InChI is InChI=1S/C21H28N2O3S/c1-23(2)27(24,25)20-13-11-17(12-14-20)15-22-16-18-7-3-6-10-21(18)26-19-8-4-5-9-19/h3,6-7,10-14,19,22H,4-5,8-9,15-16H2,1-2H3. The molecule has 5 nitrogen and oxygen atoms in total. The van der Waals surface area contributed by atoms with Gasteiger partial charge in [0, 0.05) is 32.7 Å². The number of nitrogens with one attached hydrogen (secondary N) is 1. The highest BCUT2D eigenvalue weighted by Crippen LogP contribution is 2.26. The average Bonchev–Trinajstić information content (AvgIpc) is 3.16. The summed E-state index contributed by atoms with van der Waals surface area (Å²) in [5.74, 6) is 0.962. The first-order valence-electron chi connectivity index (χ1n) is 9.43. The first kappa shape index (κ1) is 19.9. The van der Waals surface area contributed by atoms with Crippen LogP contribution in [-0.2, 0) is 23.1 Å². The van der Waals surface area contributed by atoms with E-state index in [1.165, 1.54) is 31.2 Å². The van der Waals surface area contributed by atoms with Gasteiger partial charge in [-0.25, -0.2) is 12.7 Å². The van der Waals surface area contributed by atoms with Gasteiger partial charge in [-0.3, -0.25) is 0 Å². The molecule has 0 amide bonds. The summed E-state index contributed by atoms with van der Waals surface area (Å²) in [6, 6.07) is 15.2. The highest BCUT2D eigenvalue weighted by molar-refractivity contribution is 7.89. The average molecular weight is 389 g/mol. The Morgan fingerprint density at radius 1 is 1.00 bits per heavy atom. The lowest BCUT2D eigenvalue weighted by Gasteiger charge is -2.17. The molecule has 0 radical (unpaired) electrons. The summed E-state index contributed by atoms with van der Waals surface area (Å²) in [5.41, 5.74) is 2.19. The molecular formula is C21H28N2O3S. The van der Waals surface area contributed by atoms with Crippen molar-refractivity contribution in [2.45, 2.75) is 49.8 Å². The Bertz CT molecular complexity index is 842. The molecule has 0 heterocycles. The van der Waals surface area contributed by atoms with Gasteiger partial charge in [-0.2, -0.15) is 0 Å². The van der Waals surface area contributed by atoms with Crippen LogP contribution in [-0.4, -0.2) is 32.9 Å². The molecule has 0 aliphatic heterocycles. The highest BCUT2D eigenvalue weighted by atomic mass is 32.2. The van der Waals surface area contributed by atoms with Crippen LogP contribution in [0.15, 0.2) is 53.4 Å². The van der Waals surface area contributed by atoms with E-state index in [0.29, 0.717) is 24.1 Å². The summed E-state index contributed by atoms with van der Waals surface area (Å²) in [5, 5.41) is 3.42. The second-order valence-electron chi connectivity index (χ2n) is 7.17. The van der Waals surface area contributed by atoms with E-state index in [4.69, 9.17) is 4.74 Å². The number of sulfonamides is 1. The number of benzene rings is 2. The zero-order valence-electron chi connectivity index (χ0n) is 16.0. The van der Waals surface area contributed by atoms with Crippen molar-refractivity contribution in [1.82, 2.24) is 9.62 Å². The van der Waals surface area contributed by atoms with Gasteiger partial charge in [-0.1, -0.05) is 30.3 Å². The molecule has 146 valence electrons. The van der Waals surface area contributed by atoms with Crippen LogP contribution in [0.4, 0.5) is 0 Å². The fourth-order valence-corrected chi connectivity index (χ4v) is 4.18. The molecule has 2 aromatic carbocycles. The van der Waals surface area contributed by atoms with E-state index >= 15 is 0 Å². The molecule has 1 fully saturated rings. The molecule has 0 saturated heterocycles. The number of rotatable bonds is 8. The Morgan fingerprint density at radius 2 is 1.67 bits per heavy atom. The van der Waals surface area contributed by atoms with Gasteiger partial charge in [-0.05, 0) is 49.4 Å². The third-order valence-corrected chi connectivity index (χ3v) is 6.74. The number of nitrogens with zero attached hydrogens (tertiary/aromatic N) is 1. The molecule has 0 atom stereocenters. The first-order chi connectivity index (χ1) is 13.0. The van der Waals surface area contributed by atoms with Crippen LogP contribution in [0.1, 0.15) is 36.8 Å². The van der Waals surface area contributed by atoms with E-state index in [2.05, 4.69) is 11.4 Å². The summed E-state index contributed by atoms with van der Waals surface area (Å²) in [4.78, 5) is 0.312. The molecule has 3 rings (SSSR count). The minimum atomic E-state index is -3.38. The number of ether oxygens (including phenoxy) is 1. The second kappa shape index (κ2) is 8.87. The molecule has 1 saturated carbocycles. The Kier molecular flexibility index (Phi) is 6.52. The van der Waals surface area contributed by atoms with Crippen molar-refractivity contribution in [3.8, 4) is 5.75 Å². The van der Waals surface area contributed by atoms with Gasteiger partial charge in [0.05, 0.1) is 11.0 Å². The zero-order chi connectivity index (χ0) is 19.3. The number of para-hydroxylation sites is 1. The molecule has 1 aliphatic carbocycles. The Balaban J connectivity index is 1.57. The minimum absolute atomic E-state index is 0.312. The van der Waals surface area contributed by atoms with Gasteiger partial charge in [0.2, 0.25) is 10.0 Å². The van der Waals surface area contributed by atoms with Crippen LogP contribution in [0, 0.1) is 0 Å². The summed E-state index contributed by atoms with van der Waals surface area (Å²) in [6.07, 6.45) is 5.14. The van der Waals surface area contributed by atoms with Crippen molar-refractivity contribution in [2.24, 2.45) is 0 Å². The van der Waals surface area contributed by atoms with Crippen molar-refractivity contribution in [2.75, 3.05) is 14.1 Å². The van der Waals surface area contributed by atoms with Gasteiger partial charge in [0.1, 0.15) is 5.75 Å². The van der Waals surface area contributed by atoms with E-state index in [0.717, 1.165) is 29.7 Å². The predicted octanol–water partition coefficient (Wildman–Crippen LogP) is 3.55. The van der Waals surface area contributed by atoms with Crippen LogP contribution < -0.4 is 10.1 Å². The number of hydrogen-bond acceptors (Lipinski definition) is 4. The maximum atomic E-state index is 12.1. The monoisotopic (exact) mass is 388 g/mol. The Labute approximate surface area is 162 Å². The molecule has 0 unspecified atom stereocenters. The third kappa shape index (κ3) is 5.09. The Hall–Kier alpha value is -1.89. The fraction of sp³-hybridized carbons (Fsp3) is 0.429. The minimum Gasteiger partial charge on any atom is -0.490 e. The summed E-state index contributed by atoms with van der Waals surface area (Å²) < 4.78 is 31.6. The van der Waals surface area contributed by atoms with Crippen LogP contribution in [0.25, 0.3) is 0 Å². The maximum absolute atomic E-state index is 12.1. The normalized spacial score (nSPS) is 15.4. The molecular weight excluding hydrogens is 360 g/mol. The van der Waals surface area contributed by atoms with E-state index in [1.807, 2.05) is 30.3 Å². The second-order valence-corrected chi connectivity index (χ2v) is 9.32. The van der Waals surface area contributed by atoms with Gasteiger partial charge in [0.15, 0.2) is 0 Å². The smallest absolute Gasteiger partial charge is 0.242 e. The summed E-state index contributed by atoms with van der Waals surface area (Å²) in [7, 11) is -0.303. The van der Waals surface area contributed by atoms with Crippen LogP contribution in [0.5, 0.6) is 5.75 Å². The largest absolute Gasteiger partial charge is 0.490 e. The van der Waals surface area contributed by atoms with Crippen molar-refractivity contribution >= 4 is 10.0 Å². The van der Waals surface area contributed by atoms with Gasteiger partial charge in [0.25, 0.3) is 0 Å². The van der Waals surface area contributed by atoms with E-state index < -0.39 is 10.0 Å². The SMILES string of the molecule is CN(C)S(=O)(=O)c1ccc(CNCc2ccccc2OC2CCCC2)cc1. The van der Waals surface area contributed by atoms with E-state index in [9.17, 15) is 8.42 Å². The lowest BCUT2D eigenvalue weighted by atomic mass is 10.1. The Morgan fingerprint density at radius 3 is 2.33 bits per heavy atom. The topological polar surface area (TPSA) is 58.6 Å². The highest BCUT2D eigenvalue weighted by Gasteiger charge is 2.18. The van der Waals surface area contributed by atoms with Crippen molar-refractivity contribution < 1.29 is 13.2 Å². The van der Waals surface area contributed by atoms with Crippen molar-refractivity contribution in [1.29, 1.82) is 0 Å². The van der Waals surface area contributed by atoms with Gasteiger partial charge >= 0.3 is 0 Å². The lowest BCUT2D eigenvalue weighted by Crippen LogP contribution is -2.22. The van der Waals surface area contributed by atoms with Crippen LogP contribution in [0.3, 0.4) is 0 Å². The predicted molar refractivity (Wildman–Crippen MR) is 107 cm³/mol. The maximum Gasteiger partial charge on any atom is 0.242 e. The van der Waals surface area contributed by atoms with E-state index in [-0.39, 0.29) is 0 Å². The lowest BCUT2D eigenvalue weighted by molar-refractivity contribution is 0.207. The van der Waals surface area contributed by atoms with E-state index in [1.54, 1.807) is 12.1 Å². The molecule has 6 heteroatoms. The molecule has 1 aliphatic rings. The molecule has 0 aromatic heterocycles. The molecule has 2 aromatic rings. The zero-order valence-corrected chi connectivity index (χ0v) is 16.8. The summed E-state index contributed by atoms with van der Waals surface area (Å²) in [6.45, 7) is 1.38. The molecule has 0 bridgehead atoms. The van der Waals surface area contributed by atoms with Crippen LogP contribution in [0.2, 0.25) is 0 Å². The summed E-state index contributed by atoms with van der Waals surface area (Å²) >= 11 is 0. The van der Waals surface area contributed by atoms with Crippen molar-refractivity contribution in [3.05, 3.63) is 59.7 Å². The molecule has 27 heavy (non-hydrogen) atoms. The first-order valence-corrected chi connectivity index (χ1v) is 10.9. The number of hydrogen-bond donors (Lipinski definition) is 1.